The number of hydrogen-bond acceptors (Lipinski definition) is 3. The third-order valence-electron chi connectivity index (χ3n) is 3.22. The summed E-state index contributed by atoms with van der Waals surface area (Å²) in [4.78, 5) is 19.1. The van der Waals surface area contributed by atoms with Crippen molar-refractivity contribution in [1.29, 1.82) is 0 Å². The number of carbonyl (C=O) groups excluding carboxylic acids is 1. The average molecular weight is 365 g/mol. The Morgan fingerprint density at radius 1 is 1.39 bits per heavy atom. The van der Waals surface area contributed by atoms with Gasteiger partial charge in [-0.25, -0.2) is 9.37 Å². The largest absolute Gasteiger partial charge is 0.354 e. The number of rotatable bonds is 6. The van der Waals surface area contributed by atoms with Crippen molar-refractivity contribution >= 4 is 41.8 Å². The van der Waals surface area contributed by atoms with Crippen LogP contribution < -0.4 is 11.1 Å². The van der Waals surface area contributed by atoms with Gasteiger partial charge in [-0.3, -0.25) is 4.79 Å². The molecule has 23 heavy (non-hydrogen) atoms. The number of H-pyrrole nitrogens is 1. The standard InChI is InChI=1S/C15H21FN4O.2ClH/c1-9(2)7-11(17)15(21)18-6-5-14-19-12-4-3-10(16)8-13(12)20-14;;/h3-4,8-9,11H,5-7,17H2,1-2H3,(H,18,21)(H,19,20);2*1H/t11-;;/m0../s1. The van der Waals surface area contributed by atoms with Crippen LogP contribution in [0.15, 0.2) is 18.2 Å². The zero-order valence-corrected chi connectivity index (χ0v) is 14.8. The molecule has 2 rings (SSSR count). The van der Waals surface area contributed by atoms with Crippen LogP contribution in [-0.4, -0.2) is 28.5 Å². The lowest BCUT2D eigenvalue weighted by Gasteiger charge is -2.13. The van der Waals surface area contributed by atoms with Crippen molar-refractivity contribution in [2.24, 2.45) is 11.7 Å². The highest BCUT2D eigenvalue weighted by Crippen LogP contribution is 2.13. The van der Waals surface area contributed by atoms with E-state index in [0.29, 0.717) is 42.2 Å². The highest BCUT2D eigenvalue weighted by atomic mass is 35.5. The van der Waals surface area contributed by atoms with Gasteiger partial charge in [-0.1, -0.05) is 13.8 Å². The first-order chi connectivity index (χ1) is 9.95. The predicted molar refractivity (Wildman–Crippen MR) is 94.7 cm³/mol. The van der Waals surface area contributed by atoms with Gasteiger partial charge < -0.3 is 16.0 Å². The smallest absolute Gasteiger partial charge is 0.236 e. The van der Waals surface area contributed by atoms with Gasteiger partial charge in [-0.15, -0.1) is 24.8 Å². The molecule has 1 amide bonds. The van der Waals surface area contributed by atoms with E-state index in [4.69, 9.17) is 5.73 Å². The number of amides is 1. The van der Waals surface area contributed by atoms with Gasteiger partial charge in [0.1, 0.15) is 11.6 Å². The zero-order chi connectivity index (χ0) is 15.4. The van der Waals surface area contributed by atoms with Crippen molar-refractivity contribution in [3.63, 3.8) is 0 Å². The Labute approximate surface area is 147 Å². The van der Waals surface area contributed by atoms with Crippen molar-refractivity contribution in [3.05, 3.63) is 29.8 Å². The lowest BCUT2D eigenvalue weighted by atomic mass is 10.0. The molecule has 8 heteroatoms. The minimum absolute atomic E-state index is 0. The maximum Gasteiger partial charge on any atom is 0.236 e. The summed E-state index contributed by atoms with van der Waals surface area (Å²) in [6.45, 7) is 4.51. The molecule has 1 aromatic heterocycles. The maximum absolute atomic E-state index is 13.1. The van der Waals surface area contributed by atoms with Gasteiger partial charge in [0, 0.05) is 13.0 Å². The van der Waals surface area contributed by atoms with Gasteiger partial charge in [0.05, 0.1) is 17.1 Å². The molecule has 0 fully saturated rings. The number of carbonyl (C=O) groups is 1. The molecule has 4 N–H and O–H groups in total. The van der Waals surface area contributed by atoms with E-state index in [1.807, 2.05) is 13.8 Å². The van der Waals surface area contributed by atoms with E-state index in [-0.39, 0.29) is 36.5 Å². The molecule has 1 atom stereocenters. The number of imidazole rings is 1. The molecule has 130 valence electrons. The first kappa shape index (κ1) is 21.6. The van der Waals surface area contributed by atoms with Crippen LogP contribution in [0.25, 0.3) is 11.0 Å². The number of aromatic amines is 1. The van der Waals surface area contributed by atoms with E-state index in [0.717, 1.165) is 0 Å². The maximum atomic E-state index is 13.1. The topological polar surface area (TPSA) is 83.8 Å². The Kier molecular flexibility index (Phi) is 9.12. The van der Waals surface area contributed by atoms with E-state index >= 15 is 0 Å². The second-order valence-corrected chi connectivity index (χ2v) is 5.62. The summed E-state index contributed by atoms with van der Waals surface area (Å²) in [6, 6.07) is 3.93. The summed E-state index contributed by atoms with van der Waals surface area (Å²) < 4.78 is 13.1. The molecule has 0 saturated carbocycles. The summed E-state index contributed by atoms with van der Waals surface area (Å²) in [6.07, 6.45) is 1.21. The molecular weight excluding hydrogens is 342 g/mol. The fourth-order valence-corrected chi connectivity index (χ4v) is 2.20. The molecule has 2 aromatic rings. The van der Waals surface area contributed by atoms with Gasteiger partial charge in [0.2, 0.25) is 5.91 Å². The Morgan fingerprint density at radius 2 is 2.09 bits per heavy atom. The van der Waals surface area contributed by atoms with Crippen molar-refractivity contribution in [2.75, 3.05) is 6.54 Å². The highest BCUT2D eigenvalue weighted by Gasteiger charge is 2.14. The monoisotopic (exact) mass is 364 g/mol. The van der Waals surface area contributed by atoms with Crippen LogP contribution in [0.2, 0.25) is 0 Å². The molecule has 5 nitrogen and oxygen atoms in total. The van der Waals surface area contributed by atoms with Crippen LogP contribution in [0, 0.1) is 11.7 Å². The van der Waals surface area contributed by atoms with Crippen LogP contribution in [0.4, 0.5) is 4.39 Å². The summed E-state index contributed by atoms with van der Waals surface area (Å²) in [5.74, 6) is 0.654. The molecule has 0 saturated heterocycles. The van der Waals surface area contributed by atoms with Crippen LogP contribution in [-0.2, 0) is 11.2 Å². The normalized spacial score (nSPS) is 11.7. The van der Waals surface area contributed by atoms with Crippen LogP contribution >= 0.6 is 24.8 Å². The van der Waals surface area contributed by atoms with E-state index in [1.54, 1.807) is 6.07 Å². The second kappa shape index (κ2) is 9.70. The SMILES string of the molecule is CC(C)C[C@H](N)C(=O)NCCc1nc2ccc(F)cc2[nH]1.Cl.Cl. The third-order valence-corrected chi connectivity index (χ3v) is 3.22. The summed E-state index contributed by atoms with van der Waals surface area (Å²) >= 11 is 0. The number of nitrogens with one attached hydrogen (secondary N) is 2. The van der Waals surface area contributed by atoms with Gasteiger partial charge >= 0.3 is 0 Å². The van der Waals surface area contributed by atoms with Crippen LogP contribution in [0.5, 0.6) is 0 Å². The molecule has 0 spiro atoms. The molecule has 0 aliphatic rings. The fourth-order valence-electron chi connectivity index (χ4n) is 2.20. The van der Waals surface area contributed by atoms with E-state index < -0.39 is 6.04 Å². The molecule has 0 aliphatic heterocycles. The lowest BCUT2D eigenvalue weighted by Crippen LogP contribution is -2.42. The van der Waals surface area contributed by atoms with Gasteiger partial charge in [0.25, 0.3) is 0 Å². The fraction of sp³-hybridized carbons (Fsp3) is 0.467. The molecule has 0 bridgehead atoms. The quantitative estimate of drug-likeness (QED) is 0.736. The predicted octanol–water partition coefficient (Wildman–Crippen LogP) is 2.58. The van der Waals surface area contributed by atoms with Crippen molar-refractivity contribution < 1.29 is 9.18 Å². The summed E-state index contributed by atoms with van der Waals surface area (Å²) in [5.41, 5.74) is 7.18. The lowest BCUT2D eigenvalue weighted by molar-refractivity contribution is -0.122. The number of fused-ring (bicyclic) bond motifs is 1. The second-order valence-electron chi connectivity index (χ2n) is 5.62. The Morgan fingerprint density at radius 3 is 2.74 bits per heavy atom. The number of benzene rings is 1. The van der Waals surface area contributed by atoms with E-state index in [1.165, 1.54) is 12.1 Å². The van der Waals surface area contributed by atoms with Crippen LogP contribution in [0.1, 0.15) is 26.1 Å². The highest BCUT2D eigenvalue weighted by molar-refractivity contribution is 5.85. The Bertz CT molecular complexity index is 633. The molecular formula is C15H23Cl2FN4O. The molecule has 0 radical (unpaired) electrons. The van der Waals surface area contributed by atoms with Gasteiger partial charge in [-0.05, 0) is 30.5 Å². The minimum Gasteiger partial charge on any atom is -0.354 e. The summed E-state index contributed by atoms with van der Waals surface area (Å²) in [5, 5.41) is 2.79. The number of nitrogens with two attached hydrogens (primary N) is 1. The first-order valence-corrected chi connectivity index (χ1v) is 7.13. The number of hydrogen-bond donors (Lipinski definition) is 3. The number of nitrogens with zero attached hydrogens (tertiary/aromatic N) is 1. The van der Waals surface area contributed by atoms with E-state index in [2.05, 4.69) is 15.3 Å². The average Bonchev–Trinajstić information content (AvgIpc) is 2.79. The molecule has 1 heterocycles. The molecule has 0 unspecified atom stereocenters. The summed E-state index contributed by atoms with van der Waals surface area (Å²) in [7, 11) is 0. The van der Waals surface area contributed by atoms with Crippen LogP contribution in [0.3, 0.4) is 0 Å². The number of aromatic nitrogens is 2. The van der Waals surface area contributed by atoms with Gasteiger partial charge in [-0.2, -0.15) is 0 Å². The van der Waals surface area contributed by atoms with Crippen molar-refractivity contribution in [2.45, 2.75) is 32.7 Å². The van der Waals surface area contributed by atoms with Gasteiger partial charge in [0.15, 0.2) is 0 Å². The zero-order valence-electron chi connectivity index (χ0n) is 13.1. The number of halogens is 3. The van der Waals surface area contributed by atoms with Crippen molar-refractivity contribution in [3.8, 4) is 0 Å². The first-order valence-electron chi connectivity index (χ1n) is 7.13. The van der Waals surface area contributed by atoms with Crippen molar-refractivity contribution in [1.82, 2.24) is 15.3 Å². The Hall–Kier alpha value is -1.37. The third kappa shape index (κ3) is 6.33. The van der Waals surface area contributed by atoms with E-state index in [9.17, 15) is 9.18 Å². The Balaban J connectivity index is 0.00000242. The molecule has 1 aromatic carbocycles. The molecule has 0 aliphatic carbocycles. The minimum atomic E-state index is -0.477.